The molecule has 0 saturated carbocycles. The lowest BCUT2D eigenvalue weighted by atomic mass is 10.1. The fourth-order valence-corrected chi connectivity index (χ4v) is 2.94. The van der Waals surface area contributed by atoms with E-state index in [0.717, 1.165) is 37.5 Å². The van der Waals surface area contributed by atoms with Gasteiger partial charge < -0.3 is 10.1 Å². The van der Waals surface area contributed by atoms with Gasteiger partial charge in [-0.2, -0.15) is 0 Å². The highest BCUT2D eigenvalue weighted by atomic mass is 19.1. The third kappa shape index (κ3) is 6.64. The Morgan fingerprint density at radius 2 is 1.48 bits per heavy atom. The van der Waals surface area contributed by atoms with Crippen LogP contribution in [-0.4, -0.2) is 18.5 Å². The van der Waals surface area contributed by atoms with E-state index in [1.807, 2.05) is 23.5 Å². The minimum atomic E-state index is -1.16. The van der Waals surface area contributed by atoms with Gasteiger partial charge in [0, 0.05) is 5.69 Å². The number of hydrogen-bond donors (Lipinski definition) is 2. The third-order valence-corrected chi connectivity index (χ3v) is 4.50. The van der Waals surface area contributed by atoms with Crippen molar-refractivity contribution in [3.05, 3.63) is 95.6 Å². The van der Waals surface area contributed by atoms with Crippen LogP contribution in [0.1, 0.15) is 28.8 Å². The molecule has 7 heteroatoms. The van der Waals surface area contributed by atoms with Crippen LogP contribution in [0.4, 0.5) is 19.3 Å². The first-order valence-electron chi connectivity index (χ1n) is 9.86. The van der Waals surface area contributed by atoms with Crippen LogP contribution in [0.15, 0.2) is 72.8 Å². The highest BCUT2D eigenvalue weighted by Crippen LogP contribution is 2.17. The van der Waals surface area contributed by atoms with Crippen molar-refractivity contribution in [3.63, 3.8) is 0 Å². The summed E-state index contributed by atoms with van der Waals surface area (Å²) >= 11 is 0. The molecule has 0 heterocycles. The molecular formula is C24H22F2N2O3. The number of halogens is 2. The molecule has 3 rings (SSSR count). The Kier molecular flexibility index (Phi) is 7.70. The van der Waals surface area contributed by atoms with Crippen molar-refractivity contribution >= 4 is 17.6 Å². The van der Waals surface area contributed by atoms with Crippen LogP contribution >= 0.6 is 0 Å². The van der Waals surface area contributed by atoms with Gasteiger partial charge in [0.25, 0.3) is 5.91 Å². The summed E-state index contributed by atoms with van der Waals surface area (Å²) in [6.45, 7) is 0.572. The summed E-state index contributed by atoms with van der Waals surface area (Å²) in [6, 6.07) is 18.9. The maximum Gasteiger partial charge on any atom is 0.326 e. The number of rotatable bonds is 8. The first-order chi connectivity index (χ1) is 15.0. The number of unbranched alkanes of at least 4 members (excludes halogenated alkanes) is 1. The SMILES string of the molecule is O=C(NC(=O)c1c(F)cccc1F)Nc1ccc(OCCCCc2ccccc2)cc1. The van der Waals surface area contributed by atoms with E-state index >= 15 is 0 Å². The number of aryl methyl sites for hydroxylation is 1. The van der Waals surface area contributed by atoms with E-state index in [1.54, 1.807) is 24.3 Å². The smallest absolute Gasteiger partial charge is 0.326 e. The zero-order chi connectivity index (χ0) is 22.1. The molecule has 31 heavy (non-hydrogen) atoms. The standard InChI is InChI=1S/C24H22F2N2O3/c25-20-10-6-11-21(26)22(20)23(29)28-24(30)27-18-12-14-19(15-13-18)31-16-5-4-9-17-7-2-1-3-8-17/h1-3,6-8,10-15H,4-5,9,16H2,(H2,27,28,29,30). The van der Waals surface area contributed by atoms with Gasteiger partial charge in [-0.3, -0.25) is 10.1 Å². The Bertz CT molecular complexity index is 1000. The molecule has 160 valence electrons. The average molecular weight is 424 g/mol. The normalized spacial score (nSPS) is 10.4. The summed E-state index contributed by atoms with van der Waals surface area (Å²) in [6.07, 6.45) is 2.92. The van der Waals surface area contributed by atoms with Crippen LogP contribution in [0.5, 0.6) is 5.75 Å². The van der Waals surface area contributed by atoms with Gasteiger partial charge in [-0.05, 0) is 61.2 Å². The second kappa shape index (κ2) is 10.9. The van der Waals surface area contributed by atoms with Gasteiger partial charge in [-0.15, -0.1) is 0 Å². The summed E-state index contributed by atoms with van der Waals surface area (Å²) in [5.74, 6) is -2.61. The molecule has 0 fully saturated rings. The fraction of sp³-hybridized carbons (Fsp3) is 0.167. The summed E-state index contributed by atoms with van der Waals surface area (Å²) in [5.41, 5.74) is 0.886. The molecule has 0 radical (unpaired) electrons. The lowest BCUT2D eigenvalue weighted by Crippen LogP contribution is -2.35. The van der Waals surface area contributed by atoms with E-state index in [4.69, 9.17) is 4.74 Å². The first kappa shape index (κ1) is 22.0. The highest BCUT2D eigenvalue weighted by Gasteiger charge is 2.19. The van der Waals surface area contributed by atoms with E-state index in [9.17, 15) is 18.4 Å². The number of nitrogens with one attached hydrogen (secondary N) is 2. The molecule has 0 unspecified atom stereocenters. The van der Waals surface area contributed by atoms with Gasteiger partial charge in [0.2, 0.25) is 0 Å². The van der Waals surface area contributed by atoms with E-state index in [2.05, 4.69) is 17.4 Å². The lowest BCUT2D eigenvalue weighted by molar-refractivity contribution is 0.0959. The van der Waals surface area contributed by atoms with Crippen LogP contribution in [0.2, 0.25) is 0 Å². The summed E-state index contributed by atoms with van der Waals surface area (Å²) < 4.78 is 32.9. The monoisotopic (exact) mass is 424 g/mol. The Morgan fingerprint density at radius 1 is 0.806 bits per heavy atom. The van der Waals surface area contributed by atoms with Crippen LogP contribution in [0, 0.1) is 11.6 Å². The molecule has 0 spiro atoms. The number of urea groups is 1. The van der Waals surface area contributed by atoms with Gasteiger partial charge in [-0.25, -0.2) is 13.6 Å². The maximum absolute atomic E-state index is 13.6. The number of benzene rings is 3. The van der Waals surface area contributed by atoms with Crippen molar-refractivity contribution in [2.75, 3.05) is 11.9 Å². The molecule has 0 aliphatic rings. The van der Waals surface area contributed by atoms with Gasteiger partial charge in [0.05, 0.1) is 6.61 Å². The van der Waals surface area contributed by atoms with Crippen molar-refractivity contribution in [2.45, 2.75) is 19.3 Å². The second-order valence-electron chi connectivity index (χ2n) is 6.82. The zero-order valence-corrected chi connectivity index (χ0v) is 16.7. The molecule has 3 aromatic carbocycles. The van der Waals surface area contributed by atoms with Crippen molar-refractivity contribution in [1.82, 2.24) is 5.32 Å². The topological polar surface area (TPSA) is 67.4 Å². The Labute approximate surface area is 179 Å². The zero-order valence-electron chi connectivity index (χ0n) is 16.7. The van der Waals surface area contributed by atoms with Crippen LogP contribution < -0.4 is 15.4 Å². The van der Waals surface area contributed by atoms with Crippen LogP contribution in [0.3, 0.4) is 0 Å². The lowest BCUT2D eigenvalue weighted by Gasteiger charge is -2.09. The number of amides is 3. The van der Waals surface area contributed by atoms with E-state index in [0.29, 0.717) is 18.0 Å². The number of carbonyl (C=O) groups excluding carboxylic acids is 2. The summed E-state index contributed by atoms with van der Waals surface area (Å²) in [5, 5.41) is 4.33. The summed E-state index contributed by atoms with van der Waals surface area (Å²) in [7, 11) is 0. The van der Waals surface area contributed by atoms with E-state index in [1.165, 1.54) is 5.56 Å². The molecule has 0 aliphatic heterocycles. The van der Waals surface area contributed by atoms with Gasteiger partial charge >= 0.3 is 6.03 Å². The van der Waals surface area contributed by atoms with Crippen molar-refractivity contribution < 1.29 is 23.1 Å². The van der Waals surface area contributed by atoms with Gasteiger partial charge in [-0.1, -0.05) is 36.4 Å². The van der Waals surface area contributed by atoms with Crippen molar-refractivity contribution in [3.8, 4) is 5.75 Å². The molecule has 0 saturated heterocycles. The maximum atomic E-state index is 13.6. The molecule has 0 bridgehead atoms. The number of carbonyl (C=O) groups is 2. The fourth-order valence-electron chi connectivity index (χ4n) is 2.94. The van der Waals surface area contributed by atoms with E-state index < -0.39 is 29.1 Å². The predicted octanol–water partition coefficient (Wildman–Crippen LogP) is 5.33. The van der Waals surface area contributed by atoms with Gasteiger partial charge in [0.1, 0.15) is 22.9 Å². The number of anilines is 1. The molecule has 0 aromatic heterocycles. The largest absolute Gasteiger partial charge is 0.494 e. The van der Waals surface area contributed by atoms with Crippen molar-refractivity contribution in [2.24, 2.45) is 0 Å². The molecule has 3 amide bonds. The number of hydrogen-bond acceptors (Lipinski definition) is 3. The Morgan fingerprint density at radius 3 is 2.16 bits per heavy atom. The Balaban J connectivity index is 1.41. The molecule has 3 aromatic rings. The number of imide groups is 1. The third-order valence-electron chi connectivity index (χ3n) is 4.50. The highest BCUT2D eigenvalue weighted by molar-refractivity contribution is 6.08. The molecule has 5 nitrogen and oxygen atoms in total. The predicted molar refractivity (Wildman–Crippen MR) is 114 cm³/mol. The summed E-state index contributed by atoms with van der Waals surface area (Å²) in [4.78, 5) is 23.9. The van der Waals surface area contributed by atoms with Gasteiger partial charge in [0.15, 0.2) is 0 Å². The molecule has 2 N–H and O–H groups in total. The quantitative estimate of drug-likeness (QED) is 0.481. The Hall–Kier alpha value is -3.74. The second-order valence-corrected chi connectivity index (χ2v) is 6.82. The average Bonchev–Trinajstić information content (AvgIpc) is 2.75. The minimum Gasteiger partial charge on any atom is -0.494 e. The molecular weight excluding hydrogens is 402 g/mol. The van der Waals surface area contributed by atoms with Crippen LogP contribution in [0.25, 0.3) is 0 Å². The molecule has 0 aliphatic carbocycles. The number of ether oxygens (including phenoxy) is 1. The van der Waals surface area contributed by atoms with Crippen LogP contribution in [-0.2, 0) is 6.42 Å². The van der Waals surface area contributed by atoms with Crippen molar-refractivity contribution in [1.29, 1.82) is 0 Å². The first-order valence-corrected chi connectivity index (χ1v) is 9.86. The molecule has 0 atom stereocenters. The minimum absolute atomic E-state index is 0.399. The van der Waals surface area contributed by atoms with E-state index in [-0.39, 0.29) is 0 Å².